The lowest BCUT2D eigenvalue weighted by Gasteiger charge is -2.39. The molecule has 30 heavy (non-hydrogen) atoms. The molecule has 0 saturated carbocycles. The van der Waals surface area contributed by atoms with Gasteiger partial charge in [-0.3, -0.25) is 4.90 Å². The van der Waals surface area contributed by atoms with Crippen LogP contribution in [0.25, 0.3) is 0 Å². The Kier molecular flexibility index (Phi) is 7.11. The van der Waals surface area contributed by atoms with Crippen molar-refractivity contribution in [3.8, 4) is 12.1 Å². The van der Waals surface area contributed by atoms with E-state index in [2.05, 4.69) is 21.4 Å². The SMILES string of the molecule is CSC(C=NS(=O)(=O)c1ccccc1)N1CCN(c2c(C#N)cccc2C#N)CC1. The van der Waals surface area contributed by atoms with Crippen LogP contribution < -0.4 is 4.90 Å². The van der Waals surface area contributed by atoms with Crippen molar-refractivity contribution in [2.75, 3.05) is 37.3 Å². The van der Waals surface area contributed by atoms with Crippen LogP contribution in [0.3, 0.4) is 0 Å². The zero-order valence-corrected chi connectivity index (χ0v) is 18.1. The van der Waals surface area contributed by atoms with Gasteiger partial charge < -0.3 is 4.90 Å². The lowest BCUT2D eigenvalue weighted by atomic mass is 10.1. The van der Waals surface area contributed by atoms with Crippen molar-refractivity contribution in [2.45, 2.75) is 10.3 Å². The summed E-state index contributed by atoms with van der Waals surface area (Å²) in [5.41, 5.74) is 1.64. The molecule has 0 aromatic heterocycles. The minimum atomic E-state index is -3.73. The Labute approximate surface area is 181 Å². The maximum Gasteiger partial charge on any atom is 0.282 e. The summed E-state index contributed by atoms with van der Waals surface area (Å²) < 4.78 is 28.7. The molecule has 0 N–H and O–H groups in total. The molecule has 9 heteroatoms. The molecule has 0 spiro atoms. The summed E-state index contributed by atoms with van der Waals surface area (Å²) in [6, 6.07) is 17.6. The van der Waals surface area contributed by atoms with Crippen LogP contribution in [0.1, 0.15) is 11.1 Å². The van der Waals surface area contributed by atoms with Gasteiger partial charge in [0.25, 0.3) is 10.0 Å². The van der Waals surface area contributed by atoms with Crippen molar-refractivity contribution in [3.05, 3.63) is 59.7 Å². The maximum absolute atomic E-state index is 12.4. The lowest BCUT2D eigenvalue weighted by molar-refractivity contribution is 0.277. The van der Waals surface area contributed by atoms with E-state index in [1.807, 2.05) is 11.2 Å². The predicted octanol–water partition coefficient (Wildman–Crippen LogP) is 2.70. The normalized spacial score (nSPS) is 16.2. The second-order valence-corrected chi connectivity index (χ2v) is 9.20. The molecule has 1 aliphatic heterocycles. The number of nitrogens with zero attached hydrogens (tertiary/aromatic N) is 5. The highest BCUT2D eigenvalue weighted by atomic mass is 32.2. The van der Waals surface area contributed by atoms with E-state index in [9.17, 15) is 18.9 Å². The van der Waals surface area contributed by atoms with Crippen LogP contribution in [0.4, 0.5) is 5.69 Å². The first-order chi connectivity index (χ1) is 14.5. The number of thioether (sulfide) groups is 1. The highest BCUT2D eigenvalue weighted by Gasteiger charge is 2.25. The van der Waals surface area contributed by atoms with Crippen LogP contribution in [0, 0.1) is 22.7 Å². The maximum atomic E-state index is 12.4. The standard InChI is InChI=1S/C21H21N5O2S2/c1-29-20(16-24-30(27,28)19-8-3-2-4-9-19)25-10-12-26(13-11-25)21-17(14-22)6-5-7-18(21)15-23/h2-9,16,20H,10-13H2,1H3. The Morgan fingerprint density at radius 1 is 1.00 bits per heavy atom. The number of anilines is 1. The minimum Gasteiger partial charge on any atom is -0.367 e. The van der Waals surface area contributed by atoms with Crippen molar-refractivity contribution in [3.63, 3.8) is 0 Å². The number of hydrogen-bond donors (Lipinski definition) is 0. The van der Waals surface area contributed by atoms with Gasteiger partial charge in [0, 0.05) is 32.4 Å². The summed E-state index contributed by atoms with van der Waals surface area (Å²) in [6.45, 7) is 2.58. The van der Waals surface area contributed by atoms with Crippen molar-refractivity contribution in [1.29, 1.82) is 10.5 Å². The van der Waals surface area contributed by atoms with Gasteiger partial charge in [0.15, 0.2) is 0 Å². The topological polar surface area (TPSA) is 101 Å². The van der Waals surface area contributed by atoms with E-state index in [1.165, 1.54) is 30.1 Å². The van der Waals surface area contributed by atoms with E-state index in [0.29, 0.717) is 43.0 Å². The number of nitriles is 2. The summed E-state index contributed by atoms with van der Waals surface area (Å²) in [5, 5.41) is 18.6. The minimum absolute atomic E-state index is 0.170. The number of para-hydroxylation sites is 1. The molecule has 1 fully saturated rings. The van der Waals surface area contributed by atoms with Crippen LogP contribution in [-0.4, -0.2) is 57.3 Å². The molecule has 2 aromatic carbocycles. The Balaban J connectivity index is 1.71. The lowest BCUT2D eigenvalue weighted by Crippen LogP contribution is -2.50. The smallest absolute Gasteiger partial charge is 0.282 e. The van der Waals surface area contributed by atoms with Gasteiger partial charge in [0.05, 0.1) is 27.1 Å². The average molecular weight is 440 g/mol. The van der Waals surface area contributed by atoms with Crippen molar-refractivity contribution >= 4 is 33.7 Å². The van der Waals surface area contributed by atoms with Crippen molar-refractivity contribution in [2.24, 2.45) is 4.40 Å². The second kappa shape index (κ2) is 9.77. The fraction of sp³-hybridized carbons (Fsp3) is 0.286. The van der Waals surface area contributed by atoms with E-state index >= 15 is 0 Å². The molecule has 0 aliphatic carbocycles. The number of rotatable bonds is 6. The molecular formula is C21H21N5O2S2. The van der Waals surface area contributed by atoms with Crippen LogP contribution in [0.5, 0.6) is 0 Å². The van der Waals surface area contributed by atoms with Gasteiger partial charge in [-0.05, 0) is 30.5 Å². The molecule has 154 valence electrons. The largest absolute Gasteiger partial charge is 0.367 e. The molecule has 7 nitrogen and oxygen atoms in total. The van der Waals surface area contributed by atoms with E-state index in [-0.39, 0.29) is 10.3 Å². The molecule has 1 saturated heterocycles. The van der Waals surface area contributed by atoms with E-state index in [1.54, 1.807) is 36.4 Å². The molecule has 0 bridgehead atoms. The highest BCUT2D eigenvalue weighted by Crippen LogP contribution is 2.27. The first kappa shape index (κ1) is 21.8. The molecule has 0 amide bonds. The molecule has 0 radical (unpaired) electrons. The van der Waals surface area contributed by atoms with E-state index in [4.69, 9.17) is 0 Å². The van der Waals surface area contributed by atoms with Crippen molar-refractivity contribution in [1.82, 2.24) is 4.90 Å². The molecule has 3 rings (SSSR count). The third-order valence-corrected chi connectivity index (χ3v) is 7.05. The zero-order chi connectivity index (χ0) is 21.6. The summed E-state index contributed by atoms with van der Waals surface area (Å²) >= 11 is 1.51. The molecule has 1 aliphatic rings. The molecule has 1 atom stereocenters. The first-order valence-corrected chi connectivity index (χ1v) is 12.0. The van der Waals surface area contributed by atoms with Crippen molar-refractivity contribution < 1.29 is 8.42 Å². The predicted molar refractivity (Wildman–Crippen MR) is 119 cm³/mol. The van der Waals surface area contributed by atoms with Gasteiger partial charge in [-0.2, -0.15) is 23.3 Å². The number of hydrogen-bond acceptors (Lipinski definition) is 7. The number of benzene rings is 2. The second-order valence-electron chi connectivity index (χ2n) is 6.62. The summed E-state index contributed by atoms with van der Waals surface area (Å²) in [6.07, 6.45) is 3.39. The monoisotopic (exact) mass is 439 g/mol. The molecular weight excluding hydrogens is 418 g/mol. The number of piperazine rings is 1. The van der Waals surface area contributed by atoms with Crippen LogP contribution in [0.15, 0.2) is 57.8 Å². The first-order valence-electron chi connectivity index (χ1n) is 9.30. The van der Waals surface area contributed by atoms with E-state index < -0.39 is 10.0 Å². The van der Waals surface area contributed by atoms with Crippen LogP contribution >= 0.6 is 11.8 Å². The molecule has 2 aromatic rings. The molecule has 1 unspecified atom stereocenters. The Morgan fingerprint density at radius 2 is 1.60 bits per heavy atom. The fourth-order valence-corrected chi connectivity index (χ4v) is 5.02. The van der Waals surface area contributed by atoms with Gasteiger partial charge in [0.1, 0.15) is 12.1 Å². The summed E-state index contributed by atoms with van der Waals surface area (Å²) in [5.74, 6) is 0. The van der Waals surface area contributed by atoms with Gasteiger partial charge in [-0.15, -0.1) is 11.8 Å². The molecule has 1 heterocycles. The number of sulfonamides is 1. The fourth-order valence-electron chi connectivity index (χ4n) is 3.35. The quantitative estimate of drug-likeness (QED) is 0.638. The van der Waals surface area contributed by atoms with Crippen LogP contribution in [-0.2, 0) is 10.0 Å². The van der Waals surface area contributed by atoms with Gasteiger partial charge in [-0.1, -0.05) is 24.3 Å². The van der Waals surface area contributed by atoms with Gasteiger partial charge >= 0.3 is 0 Å². The van der Waals surface area contributed by atoms with Gasteiger partial charge in [0.2, 0.25) is 0 Å². The third-order valence-electron chi connectivity index (χ3n) is 4.88. The Hall–Kier alpha value is -2.85. The van der Waals surface area contributed by atoms with Gasteiger partial charge in [-0.25, -0.2) is 0 Å². The Bertz CT molecular complexity index is 1060. The summed E-state index contributed by atoms with van der Waals surface area (Å²) in [7, 11) is -3.73. The van der Waals surface area contributed by atoms with E-state index in [0.717, 1.165) is 0 Å². The average Bonchev–Trinajstić information content (AvgIpc) is 2.80. The van der Waals surface area contributed by atoms with Crippen LogP contribution in [0.2, 0.25) is 0 Å². The summed E-state index contributed by atoms with van der Waals surface area (Å²) in [4.78, 5) is 4.36. The highest BCUT2D eigenvalue weighted by molar-refractivity contribution is 7.99. The third kappa shape index (κ3) is 4.82. The zero-order valence-electron chi connectivity index (χ0n) is 16.5. The Morgan fingerprint density at radius 3 is 2.13 bits per heavy atom.